The summed E-state index contributed by atoms with van der Waals surface area (Å²) in [6.45, 7) is 5.16. The molecule has 0 spiro atoms. The summed E-state index contributed by atoms with van der Waals surface area (Å²) in [6.07, 6.45) is 3.17. The van der Waals surface area contributed by atoms with Gasteiger partial charge in [0.1, 0.15) is 0 Å². The van der Waals surface area contributed by atoms with Crippen molar-refractivity contribution < 1.29 is 9.59 Å². The zero-order valence-corrected chi connectivity index (χ0v) is 15.5. The molecule has 1 heterocycles. The zero-order chi connectivity index (χ0) is 18.5. The van der Waals surface area contributed by atoms with Crippen molar-refractivity contribution in [3.8, 4) is 0 Å². The Kier molecular flexibility index (Phi) is 5.71. The number of nitrogens with zero attached hydrogens (tertiary/aromatic N) is 2. The molecule has 1 aliphatic rings. The van der Waals surface area contributed by atoms with Gasteiger partial charge in [-0.1, -0.05) is 57.0 Å². The second kappa shape index (κ2) is 8.17. The lowest BCUT2D eigenvalue weighted by Gasteiger charge is -2.25. The molecule has 4 nitrogen and oxygen atoms in total. The Hall–Kier alpha value is -2.62. The largest absolute Gasteiger partial charge is 0.310 e. The average molecular weight is 350 g/mol. The molecule has 0 aliphatic carbocycles. The first-order chi connectivity index (χ1) is 12.6. The number of benzene rings is 2. The molecule has 2 aromatic carbocycles. The maximum Gasteiger partial charge on any atom is 0.258 e. The summed E-state index contributed by atoms with van der Waals surface area (Å²) in [5, 5.41) is 0. The summed E-state index contributed by atoms with van der Waals surface area (Å²) < 4.78 is 0. The zero-order valence-electron chi connectivity index (χ0n) is 15.5. The number of unbranched alkanes of at least 4 members (excludes halogenated alkanes) is 2. The van der Waals surface area contributed by atoms with Crippen molar-refractivity contribution in [3.63, 3.8) is 0 Å². The van der Waals surface area contributed by atoms with Gasteiger partial charge in [0, 0.05) is 18.7 Å². The van der Waals surface area contributed by atoms with Gasteiger partial charge in [0.05, 0.1) is 17.3 Å². The highest BCUT2D eigenvalue weighted by molar-refractivity contribution is 6.11. The number of hydrogen-bond acceptors (Lipinski definition) is 2. The number of anilines is 2. The van der Waals surface area contributed by atoms with Crippen molar-refractivity contribution in [3.05, 3.63) is 60.2 Å². The first-order valence-electron chi connectivity index (χ1n) is 9.40. The summed E-state index contributed by atoms with van der Waals surface area (Å²) in [4.78, 5) is 29.8. The quantitative estimate of drug-likeness (QED) is 0.745. The van der Waals surface area contributed by atoms with Crippen LogP contribution in [0, 0.1) is 5.92 Å². The van der Waals surface area contributed by atoms with Crippen LogP contribution in [0.2, 0.25) is 0 Å². The van der Waals surface area contributed by atoms with Gasteiger partial charge in [0.25, 0.3) is 5.91 Å². The Balaban J connectivity index is 2.00. The highest BCUT2D eigenvalue weighted by Crippen LogP contribution is 2.35. The average Bonchev–Trinajstić information content (AvgIpc) is 2.78. The molecule has 3 rings (SSSR count). The molecule has 0 saturated heterocycles. The van der Waals surface area contributed by atoms with E-state index in [4.69, 9.17) is 0 Å². The standard InChI is InChI=1S/C22H26N2O2/c1-3-4-10-15-23-19-13-8-9-14-20(19)24(16-17(2)21(23)25)22(26)18-11-6-5-7-12-18/h5-9,11-14,17H,3-4,10,15-16H2,1-2H3. The fourth-order valence-electron chi connectivity index (χ4n) is 3.44. The number of amides is 2. The maximum absolute atomic E-state index is 13.1. The first kappa shape index (κ1) is 18.2. The molecule has 1 aliphatic heterocycles. The maximum atomic E-state index is 13.1. The molecule has 2 amide bonds. The van der Waals surface area contributed by atoms with Crippen molar-refractivity contribution in [1.82, 2.24) is 0 Å². The van der Waals surface area contributed by atoms with Gasteiger partial charge in [-0.3, -0.25) is 9.59 Å². The monoisotopic (exact) mass is 350 g/mol. The molecule has 0 aromatic heterocycles. The van der Waals surface area contributed by atoms with Gasteiger partial charge in [-0.15, -0.1) is 0 Å². The lowest BCUT2D eigenvalue weighted by molar-refractivity contribution is -0.121. The molecular weight excluding hydrogens is 324 g/mol. The third kappa shape index (κ3) is 3.64. The Labute approximate surface area is 155 Å². The van der Waals surface area contributed by atoms with E-state index in [2.05, 4.69) is 6.92 Å². The molecule has 0 radical (unpaired) electrons. The van der Waals surface area contributed by atoms with Crippen molar-refractivity contribution in [2.24, 2.45) is 5.92 Å². The molecule has 0 bridgehead atoms. The van der Waals surface area contributed by atoms with Gasteiger partial charge in [-0.25, -0.2) is 0 Å². The van der Waals surface area contributed by atoms with Gasteiger partial charge >= 0.3 is 0 Å². The van der Waals surface area contributed by atoms with Crippen LogP contribution in [0.25, 0.3) is 0 Å². The van der Waals surface area contributed by atoms with Gasteiger partial charge in [0.2, 0.25) is 5.91 Å². The van der Waals surface area contributed by atoms with Crippen LogP contribution < -0.4 is 9.80 Å². The topological polar surface area (TPSA) is 40.6 Å². The van der Waals surface area contributed by atoms with E-state index in [1.165, 1.54) is 0 Å². The smallest absolute Gasteiger partial charge is 0.258 e. The van der Waals surface area contributed by atoms with Crippen LogP contribution in [0.15, 0.2) is 54.6 Å². The normalized spacial score (nSPS) is 17.0. The highest BCUT2D eigenvalue weighted by Gasteiger charge is 2.33. The van der Waals surface area contributed by atoms with Crippen LogP contribution in [0.3, 0.4) is 0 Å². The second-order valence-electron chi connectivity index (χ2n) is 6.87. The number of carbonyl (C=O) groups is 2. The minimum Gasteiger partial charge on any atom is -0.310 e. The molecule has 2 aromatic rings. The Morgan fingerprint density at radius 3 is 2.35 bits per heavy atom. The fourth-order valence-corrected chi connectivity index (χ4v) is 3.44. The van der Waals surface area contributed by atoms with Crippen molar-refractivity contribution >= 4 is 23.2 Å². The van der Waals surface area contributed by atoms with Crippen LogP contribution in [0.4, 0.5) is 11.4 Å². The molecule has 0 saturated carbocycles. The number of carbonyl (C=O) groups excluding carboxylic acids is 2. The lowest BCUT2D eigenvalue weighted by Crippen LogP contribution is -2.38. The molecule has 136 valence electrons. The summed E-state index contributed by atoms with van der Waals surface area (Å²) in [5.74, 6) is -0.207. The Morgan fingerprint density at radius 1 is 1.00 bits per heavy atom. The number of para-hydroxylation sites is 2. The minimum absolute atomic E-state index is 0.0619. The lowest BCUT2D eigenvalue weighted by atomic mass is 10.1. The number of fused-ring (bicyclic) bond motifs is 1. The predicted octanol–water partition coefficient (Wildman–Crippen LogP) is 4.51. The highest BCUT2D eigenvalue weighted by atomic mass is 16.2. The Bertz CT molecular complexity index is 773. The molecule has 0 N–H and O–H groups in total. The number of hydrogen-bond donors (Lipinski definition) is 0. The van der Waals surface area contributed by atoms with Crippen LogP contribution in [-0.4, -0.2) is 24.9 Å². The van der Waals surface area contributed by atoms with E-state index in [0.717, 1.165) is 30.6 Å². The SMILES string of the molecule is CCCCCN1C(=O)C(C)CN(C(=O)c2ccccc2)c2ccccc21. The third-order valence-corrected chi connectivity index (χ3v) is 4.86. The van der Waals surface area contributed by atoms with E-state index in [1.807, 2.05) is 66.4 Å². The van der Waals surface area contributed by atoms with Gasteiger partial charge in [0.15, 0.2) is 0 Å². The summed E-state index contributed by atoms with van der Waals surface area (Å²) in [6, 6.07) is 17.0. The fraction of sp³-hybridized carbons (Fsp3) is 0.364. The van der Waals surface area contributed by atoms with Crippen LogP contribution in [-0.2, 0) is 4.79 Å². The third-order valence-electron chi connectivity index (χ3n) is 4.86. The van der Waals surface area contributed by atoms with E-state index >= 15 is 0 Å². The van der Waals surface area contributed by atoms with Gasteiger partial charge < -0.3 is 9.80 Å². The first-order valence-corrected chi connectivity index (χ1v) is 9.40. The predicted molar refractivity (Wildman–Crippen MR) is 106 cm³/mol. The molecule has 0 fully saturated rings. The summed E-state index contributed by atoms with van der Waals surface area (Å²) in [5.41, 5.74) is 2.29. The van der Waals surface area contributed by atoms with E-state index in [9.17, 15) is 9.59 Å². The molecule has 1 unspecified atom stereocenters. The molecular formula is C22H26N2O2. The van der Waals surface area contributed by atoms with E-state index in [1.54, 1.807) is 4.90 Å². The number of rotatable bonds is 5. The summed E-state index contributed by atoms with van der Waals surface area (Å²) >= 11 is 0. The van der Waals surface area contributed by atoms with Crippen molar-refractivity contribution in [2.75, 3.05) is 22.9 Å². The molecule has 26 heavy (non-hydrogen) atoms. The molecule has 1 atom stereocenters. The van der Waals surface area contributed by atoms with Crippen molar-refractivity contribution in [2.45, 2.75) is 33.1 Å². The van der Waals surface area contributed by atoms with E-state index in [0.29, 0.717) is 18.7 Å². The second-order valence-corrected chi connectivity index (χ2v) is 6.87. The van der Waals surface area contributed by atoms with Crippen LogP contribution in [0.5, 0.6) is 0 Å². The van der Waals surface area contributed by atoms with Gasteiger partial charge in [-0.05, 0) is 30.7 Å². The van der Waals surface area contributed by atoms with Crippen LogP contribution in [0.1, 0.15) is 43.5 Å². The van der Waals surface area contributed by atoms with E-state index < -0.39 is 0 Å². The minimum atomic E-state index is -0.239. The summed E-state index contributed by atoms with van der Waals surface area (Å²) in [7, 11) is 0. The Morgan fingerprint density at radius 2 is 1.65 bits per heavy atom. The van der Waals surface area contributed by atoms with Gasteiger partial charge in [-0.2, -0.15) is 0 Å². The molecule has 4 heteroatoms. The van der Waals surface area contributed by atoms with Crippen LogP contribution >= 0.6 is 0 Å². The van der Waals surface area contributed by atoms with E-state index in [-0.39, 0.29) is 17.7 Å². The van der Waals surface area contributed by atoms with Crippen molar-refractivity contribution in [1.29, 1.82) is 0 Å².